The first kappa shape index (κ1) is 8.06. The molecule has 0 aliphatic heterocycles. The molecule has 1 aromatic rings. The molecule has 1 aliphatic rings. The number of halogens is 1. The van der Waals surface area contributed by atoms with E-state index in [2.05, 4.69) is 47.1 Å². The fourth-order valence-corrected chi connectivity index (χ4v) is 2.27. The first-order chi connectivity index (χ1) is 5.83. The quantitative estimate of drug-likeness (QED) is 0.679. The predicted molar refractivity (Wildman–Crippen MR) is 56.1 cm³/mol. The molecular formula is C11H11Br. The van der Waals surface area contributed by atoms with Crippen molar-refractivity contribution in [1.82, 2.24) is 0 Å². The minimum Gasteiger partial charge on any atom is -0.0763 e. The van der Waals surface area contributed by atoms with E-state index >= 15 is 0 Å². The van der Waals surface area contributed by atoms with E-state index in [0.717, 1.165) is 12.8 Å². The minimum atomic E-state index is 1.10. The smallest absolute Gasteiger partial charge is 0.0216 e. The Kier molecular flexibility index (Phi) is 2.05. The third kappa shape index (κ3) is 1.13. The summed E-state index contributed by atoms with van der Waals surface area (Å²) in [6, 6.07) is 6.44. The van der Waals surface area contributed by atoms with Crippen molar-refractivity contribution < 1.29 is 0 Å². The Bertz CT molecular complexity index is 337. The summed E-state index contributed by atoms with van der Waals surface area (Å²) in [6.45, 7) is 2.21. The molecule has 0 fully saturated rings. The van der Waals surface area contributed by atoms with Gasteiger partial charge in [0.2, 0.25) is 0 Å². The van der Waals surface area contributed by atoms with Crippen LogP contribution < -0.4 is 0 Å². The summed E-state index contributed by atoms with van der Waals surface area (Å²) in [5.74, 6) is 0. The van der Waals surface area contributed by atoms with Crippen LogP contribution in [0.15, 0.2) is 28.7 Å². The molecule has 0 aromatic heterocycles. The molecule has 0 heterocycles. The van der Waals surface area contributed by atoms with Gasteiger partial charge in [0, 0.05) is 4.47 Å². The number of rotatable bonds is 1. The van der Waals surface area contributed by atoms with Crippen molar-refractivity contribution in [1.29, 1.82) is 0 Å². The van der Waals surface area contributed by atoms with Gasteiger partial charge in [0.15, 0.2) is 0 Å². The van der Waals surface area contributed by atoms with E-state index in [0.29, 0.717) is 0 Å². The molecule has 0 saturated carbocycles. The van der Waals surface area contributed by atoms with Crippen LogP contribution in [-0.4, -0.2) is 0 Å². The summed E-state index contributed by atoms with van der Waals surface area (Å²) in [7, 11) is 0. The van der Waals surface area contributed by atoms with Gasteiger partial charge in [-0.2, -0.15) is 0 Å². The van der Waals surface area contributed by atoms with E-state index in [9.17, 15) is 0 Å². The fraction of sp³-hybridized carbons (Fsp3) is 0.273. The fourth-order valence-electron chi connectivity index (χ4n) is 1.74. The van der Waals surface area contributed by atoms with E-state index in [4.69, 9.17) is 0 Å². The summed E-state index contributed by atoms with van der Waals surface area (Å²) in [4.78, 5) is 0. The van der Waals surface area contributed by atoms with E-state index in [-0.39, 0.29) is 0 Å². The zero-order valence-corrected chi connectivity index (χ0v) is 8.69. The van der Waals surface area contributed by atoms with Crippen LogP contribution >= 0.6 is 15.9 Å². The Labute approximate surface area is 81.4 Å². The molecule has 62 valence electrons. The van der Waals surface area contributed by atoms with Gasteiger partial charge in [-0.25, -0.2) is 0 Å². The largest absolute Gasteiger partial charge is 0.0763 e. The lowest BCUT2D eigenvalue weighted by Gasteiger charge is -2.04. The summed E-state index contributed by atoms with van der Waals surface area (Å²) in [5.41, 5.74) is 4.38. The van der Waals surface area contributed by atoms with Crippen LogP contribution in [0, 0.1) is 0 Å². The third-order valence-electron chi connectivity index (χ3n) is 2.40. The zero-order valence-electron chi connectivity index (χ0n) is 7.10. The SMILES string of the molecule is CCC1=CCc2c(Br)cccc21. The van der Waals surface area contributed by atoms with Crippen LogP contribution in [0.1, 0.15) is 24.5 Å². The van der Waals surface area contributed by atoms with Gasteiger partial charge < -0.3 is 0 Å². The Morgan fingerprint density at radius 1 is 1.42 bits per heavy atom. The number of hydrogen-bond donors (Lipinski definition) is 0. The van der Waals surface area contributed by atoms with Gasteiger partial charge in [-0.15, -0.1) is 0 Å². The van der Waals surface area contributed by atoms with Crippen molar-refractivity contribution in [3.63, 3.8) is 0 Å². The lowest BCUT2D eigenvalue weighted by atomic mass is 10.0. The molecule has 0 atom stereocenters. The van der Waals surface area contributed by atoms with E-state index in [1.54, 1.807) is 0 Å². The maximum absolute atomic E-state index is 3.57. The van der Waals surface area contributed by atoms with E-state index < -0.39 is 0 Å². The van der Waals surface area contributed by atoms with Gasteiger partial charge in [-0.1, -0.05) is 41.1 Å². The summed E-state index contributed by atoms with van der Waals surface area (Å²) in [5, 5.41) is 0. The average molecular weight is 223 g/mol. The van der Waals surface area contributed by atoms with Crippen LogP contribution in [0.5, 0.6) is 0 Å². The number of hydrogen-bond acceptors (Lipinski definition) is 0. The van der Waals surface area contributed by atoms with E-state index in [1.165, 1.54) is 21.2 Å². The second kappa shape index (κ2) is 3.06. The zero-order chi connectivity index (χ0) is 8.55. The first-order valence-corrected chi connectivity index (χ1v) is 5.09. The van der Waals surface area contributed by atoms with Gasteiger partial charge in [-0.05, 0) is 35.6 Å². The third-order valence-corrected chi connectivity index (χ3v) is 3.14. The molecule has 2 rings (SSSR count). The van der Waals surface area contributed by atoms with Crippen LogP contribution in [0.25, 0.3) is 5.57 Å². The van der Waals surface area contributed by atoms with Crippen LogP contribution in [0.3, 0.4) is 0 Å². The number of allylic oxidation sites excluding steroid dienone is 2. The van der Waals surface area contributed by atoms with Crippen molar-refractivity contribution in [2.75, 3.05) is 0 Å². The maximum atomic E-state index is 3.57. The molecule has 12 heavy (non-hydrogen) atoms. The van der Waals surface area contributed by atoms with Crippen LogP contribution in [0.4, 0.5) is 0 Å². The lowest BCUT2D eigenvalue weighted by Crippen LogP contribution is -1.84. The first-order valence-electron chi connectivity index (χ1n) is 4.29. The Hall–Kier alpha value is -0.560. The highest BCUT2D eigenvalue weighted by atomic mass is 79.9. The molecule has 0 unspecified atom stereocenters. The second-order valence-electron chi connectivity index (χ2n) is 3.05. The maximum Gasteiger partial charge on any atom is 0.0216 e. The van der Waals surface area contributed by atoms with Crippen LogP contribution in [-0.2, 0) is 6.42 Å². The highest BCUT2D eigenvalue weighted by Crippen LogP contribution is 2.33. The summed E-state index contributed by atoms with van der Waals surface area (Å²) in [6.07, 6.45) is 4.57. The van der Waals surface area contributed by atoms with Gasteiger partial charge in [-0.3, -0.25) is 0 Å². The monoisotopic (exact) mass is 222 g/mol. The average Bonchev–Trinajstić information content (AvgIpc) is 2.49. The summed E-state index contributed by atoms with van der Waals surface area (Å²) >= 11 is 3.57. The molecule has 0 N–H and O–H groups in total. The standard InChI is InChI=1S/C11H11Br/c1-2-8-6-7-10-9(8)4-3-5-11(10)12/h3-6H,2,7H2,1H3. The normalized spacial score (nSPS) is 14.3. The van der Waals surface area contributed by atoms with Crippen molar-refractivity contribution in [2.45, 2.75) is 19.8 Å². The van der Waals surface area contributed by atoms with Crippen molar-refractivity contribution in [2.24, 2.45) is 0 Å². The second-order valence-corrected chi connectivity index (χ2v) is 3.91. The van der Waals surface area contributed by atoms with Gasteiger partial charge in [0.1, 0.15) is 0 Å². The van der Waals surface area contributed by atoms with E-state index in [1.807, 2.05) is 0 Å². The predicted octanol–water partition coefficient (Wildman–Crippen LogP) is 3.80. The molecule has 0 nitrogen and oxygen atoms in total. The molecule has 1 heteroatoms. The highest BCUT2D eigenvalue weighted by molar-refractivity contribution is 9.10. The van der Waals surface area contributed by atoms with Gasteiger partial charge >= 0.3 is 0 Å². The number of benzene rings is 1. The Balaban J connectivity index is 2.53. The van der Waals surface area contributed by atoms with Crippen molar-refractivity contribution in [3.05, 3.63) is 39.9 Å². The minimum absolute atomic E-state index is 1.10. The summed E-state index contributed by atoms with van der Waals surface area (Å²) < 4.78 is 1.25. The lowest BCUT2D eigenvalue weighted by molar-refractivity contribution is 1.25. The van der Waals surface area contributed by atoms with Crippen molar-refractivity contribution >= 4 is 21.5 Å². The molecule has 1 aliphatic carbocycles. The molecule has 0 radical (unpaired) electrons. The Morgan fingerprint density at radius 2 is 2.25 bits per heavy atom. The Morgan fingerprint density at radius 3 is 3.00 bits per heavy atom. The molecule has 1 aromatic carbocycles. The molecule has 0 spiro atoms. The van der Waals surface area contributed by atoms with Gasteiger partial charge in [0.25, 0.3) is 0 Å². The van der Waals surface area contributed by atoms with Gasteiger partial charge in [0.05, 0.1) is 0 Å². The molecule has 0 saturated heterocycles. The highest BCUT2D eigenvalue weighted by Gasteiger charge is 2.13. The molecular weight excluding hydrogens is 212 g/mol. The number of fused-ring (bicyclic) bond motifs is 1. The molecule has 0 amide bonds. The topological polar surface area (TPSA) is 0 Å². The van der Waals surface area contributed by atoms with Crippen molar-refractivity contribution in [3.8, 4) is 0 Å². The van der Waals surface area contributed by atoms with Crippen LogP contribution in [0.2, 0.25) is 0 Å². The molecule has 0 bridgehead atoms.